The van der Waals surface area contributed by atoms with Crippen LogP contribution in [0.4, 0.5) is 0 Å². The van der Waals surface area contributed by atoms with Crippen LogP contribution in [-0.4, -0.2) is 37.6 Å². The predicted molar refractivity (Wildman–Crippen MR) is 62.5 cm³/mol. The first-order chi connectivity index (χ1) is 6.76. The van der Waals surface area contributed by atoms with E-state index in [4.69, 9.17) is 0 Å². The first kappa shape index (κ1) is 11.7. The van der Waals surface area contributed by atoms with Crippen molar-refractivity contribution in [2.75, 3.05) is 32.7 Å². The number of nitrogens with one attached hydrogen (secondary N) is 1. The van der Waals surface area contributed by atoms with Crippen molar-refractivity contribution in [1.82, 2.24) is 10.2 Å². The number of nitrogens with zero attached hydrogens (tertiary/aromatic N) is 1. The van der Waals surface area contributed by atoms with Gasteiger partial charge in [0.15, 0.2) is 0 Å². The second kappa shape index (κ2) is 5.52. The van der Waals surface area contributed by atoms with Crippen molar-refractivity contribution in [1.29, 1.82) is 0 Å². The summed E-state index contributed by atoms with van der Waals surface area (Å²) in [4.78, 5) is 2.49. The molecule has 0 aliphatic carbocycles. The first-order valence-corrected chi connectivity index (χ1v) is 5.80. The van der Waals surface area contributed by atoms with Gasteiger partial charge in [-0.15, -0.1) is 6.58 Å². The standard InChI is InChI=1S/C12H24N2/c1-4-9-14(6-3)11-12(5-2)7-8-13-10-12/h4,13H,1,5-11H2,2-3H3. The zero-order valence-electron chi connectivity index (χ0n) is 9.68. The molecule has 0 aromatic rings. The molecule has 1 saturated heterocycles. The maximum absolute atomic E-state index is 3.81. The quantitative estimate of drug-likeness (QED) is 0.653. The molecule has 0 bridgehead atoms. The van der Waals surface area contributed by atoms with Crippen LogP contribution in [0, 0.1) is 5.41 Å². The highest BCUT2D eigenvalue weighted by Crippen LogP contribution is 2.30. The van der Waals surface area contributed by atoms with Crippen molar-refractivity contribution in [3.63, 3.8) is 0 Å². The third-order valence-corrected chi connectivity index (χ3v) is 3.48. The molecule has 0 saturated carbocycles. The third-order valence-electron chi connectivity index (χ3n) is 3.48. The van der Waals surface area contributed by atoms with Gasteiger partial charge in [-0.3, -0.25) is 4.90 Å². The van der Waals surface area contributed by atoms with E-state index in [1.54, 1.807) is 0 Å². The highest BCUT2D eigenvalue weighted by Gasteiger charge is 2.32. The summed E-state index contributed by atoms with van der Waals surface area (Å²) in [6, 6.07) is 0. The lowest BCUT2D eigenvalue weighted by Gasteiger charge is -2.33. The molecule has 0 radical (unpaired) electrons. The summed E-state index contributed by atoms with van der Waals surface area (Å²) >= 11 is 0. The van der Waals surface area contributed by atoms with Crippen LogP contribution in [0.15, 0.2) is 12.7 Å². The largest absolute Gasteiger partial charge is 0.316 e. The molecule has 2 nitrogen and oxygen atoms in total. The van der Waals surface area contributed by atoms with E-state index in [0.29, 0.717) is 5.41 Å². The molecule has 1 rings (SSSR count). The lowest BCUT2D eigenvalue weighted by molar-refractivity contribution is 0.177. The van der Waals surface area contributed by atoms with Crippen molar-refractivity contribution < 1.29 is 0 Å². The Morgan fingerprint density at radius 1 is 1.50 bits per heavy atom. The molecule has 2 heteroatoms. The molecule has 1 N–H and O–H groups in total. The monoisotopic (exact) mass is 196 g/mol. The molecule has 0 amide bonds. The van der Waals surface area contributed by atoms with Crippen LogP contribution in [0.3, 0.4) is 0 Å². The van der Waals surface area contributed by atoms with Crippen molar-refractivity contribution in [2.45, 2.75) is 26.7 Å². The van der Waals surface area contributed by atoms with Crippen molar-refractivity contribution in [2.24, 2.45) is 5.41 Å². The second-order valence-electron chi connectivity index (χ2n) is 4.40. The van der Waals surface area contributed by atoms with Gasteiger partial charge in [-0.25, -0.2) is 0 Å². The zero-order valence-corrected chi connectivity index (χ0v) is 9.68. The zero-order chi connectivity index (χ0) is 10.4. The number of hydrogen-bond donors (Lipinski definition) is 1. The van der Waals surface area contributed by atoms with Crippen LogP contribution in [-0.2, 0) is 0 Å². The summed E-state index contributed by atoms with van der Waals surface area (Å²) in [5.41, 5.74) is 0.527. The van der Waals surface area contributed by atoms with Crippen LogP contribution >= 0.6 is 0 Å². The van der Waals surface area contributed by atoms with Crippen LogP contribution < -0.4 is 5.32 Å². The Morgan fingerprint density at radius 2 is 2.29 bits per heavy atom. The Labute approximate surface area is 88.4 Å². The smallest absolute Gasteiger partial charge is 0.0160 e. The number of hydrogen-bond acceptors (Lipinski definition) is 2. The maximum Gasteiger partial charge on any atom is 0.0160 e. The SMILES string of the molecule is C=CCN(CC)CC1(CC)CCNC1. The molecular formula is C12H24N2. The van der Waals surface area contributed by atoms with Crippen molar-refractivity contribution in [3.8, 4) is 0 Å². The van der Waals surface area contributed by atoms with Gasteiger partial charge in [-0.05, 0) is 31.3 Å². The fraction of sp³-hybridized carbons (Fsp3) is 0.833. The molecule has 0 aromatic carbocycles. The van der Waals surface area contributed by atoms with Gasteiger partial charge in [0.05, 0.1) is 0 Å². The average Bonchev–Trinajstić information content (AvgIpc) is 2.66. The molecular weight excluding hydrogens is 172 g/mol. The van der Waals surface area contributed by atoms with Gasteiger partial charge in [0.25, 0.3) is 0 Å². The molecule has 1 fully saturated rings. The summed E-state index contributed by atoms with van der Waals surface area (Å²) in [5.74, 6) is 0. The normalized spacial score (nSPS) is 27.1. The fourth-order valence-electron chi connectivity index (χ4n) is 2.31. The Kier molecular flexibility index (Phi) is 4.63. The van der Waals surface area contributed by atoms with E-state index >= 15 is 0 Å². The Balaban J connectivity index is 2.48. The Hall–Kier alpha value is -0.340. The highest BCUT2D eigenvalue weighted by molar-refractivity contribution is 4.90. The van der Waals surface area contributed by atoms with E-state index < -0.39 is 0 Å². The first-order valence-electron chi connectivity index (χ1n) is 5.80. The van der Waals surface area contributed by atoms with Crippen LogP contribution in [0.25, 0.3) is 0 Å². The van der Waals surface area contributed by atoms with E-state index in [1.165, 1.54) is 32.5 Å². The highest BCUT2D eigenvalue weighted by atomic mass is 15.1. The third kappa shape index (κ3) is 2.82. The lowest BCUT2D eigenvalue weighted by Crippen LogP contribution is -2.39. The van der Waals surface area contributed by atoms with Gasteiger partial charge in [-0.2, -0.15) is 0 Å². The summed E-state index contributed by atoms with van der Waals surface area (Å²) < 4.78 is 0. The van der Waals surface area contributed by atoms with Crippen LogP contribution in [0.1, 0.15) is 26.7 Å². The van der Waals surface area contributed by atoms with Crippen LogP contribution in [0.2, 0.25) is 0 Å². The second-order valence-corrected chi connectivity index (χ2v) is 4.40. The topological polar surface area (TPSA) is 15.3 Å². The van der Waals surface area contributed by atoms with Gasteiger partial charge in [-0.1, -0.05) is 19.9 Å². The van der Waals surface area contributed by atoms with Gasteiger partial charge in [0, 0.05) is 19.6 Å². The predicted octanol–water partition coefficient (Wildman–Crippen LogP) is 1.88. The van der Waals surface area contributed by atoms with Gasteiger partial charge < -0.3 is 5.32 Å². The van der Waals surface area contributed by atoms with Gasteiger partial charge in [0.2, 0.25) is 0 Å². The summed E-state index contributed by atoms with van der Waals surface area (Å²) in [5, 5.41) is 3.48. The van der Waals surface area contributed by atoms with E-state index in [9.17, 15) is 0 Å². The van der Waals surface area contributed by atoms with Crippen molar-refractivity contribution in [3.05, 3.63) is 12.7 Å². The Bertz CT molecular complexity index is 171. The molecule has 82 valence electrons. The maximum atomic E-state index is 3.81. The summed E-state index contributed by atoms with van der Waals surface area (Å²) in [6.07, 6.45) is 4.63. The molecule has 1 atom stereocenters. The molecule has 14 heavy (non-hydrogen) atoms. The minimum Gasteiger partial charge on any atom is -0.316 e. The van der Waals surface area contributed by atoms with Gasteiger partial charge >= 0.3 is 0 Å². The molecule has 0 spiro atoms. The molecule has 1 aliphatic rings. The van der Waals surface area contributed by atoms with Crippen molar-refractivity contribution >= 4 is 0 Å². The average molecular weight is 196 g/mol. The van der Waals surface area contributed by atoms with E-state index in [-0.39, 0.29) is 0 Å². The van der Waals surface area contributed by atoms with E-state index in [0.717, 1.165) is 13.1 Å². The fourth-order valence-corrected chi connectivity index (χ4v) is 2.31. The van der Waals surface area contributed by atoms with E-state index in [1.807, 2.05) is 6.08 Å². The Morgan fingerprint density at radius 3 is 2.71 bits per heavy atom. The molecule has 1 aliphatic heterocycles. The lowest BCUT2D eigenvalue weighted by atomic mass is 9.83. The summed E-state index contributed by atoms with van der Waals surface area (Å²) in [6.45, 7) is 14.1. The summed E-state index contributed by atoms with van der Waals surface area (Å²) in [7, 11) is 0. The number of rotatable bonds is 6. The minimum absolute atomic E-state index is 0.527. The van der Waals surface area contributed by atoms with Gasteiger partial charge in [0.1, 0.15) is 0 Å². The van der Waals surface area contributed by atoms with E-state index in [2.05, 4.69) is 30.6 Å². The minimum atomic E-state index is 0.527. The molecule has 1 unspecified atom stereocenters. The molecule has 1 heterocycles. The van der Waals surface area contributed by atoms with Crippen LogP contribution in [0.5, 0.6) is 0 Å². The molecule has 0 aromatic heterocycles. The number of likely N-dealkylation sites (N-methyl/N-ethyl adjacent to an activating group) is 1.